The van der Waals surface area contributed by atoms with E-state index in [1.807, 2.05) is 30.3 Å². The third-order valence-corrected chi connectivity index (χ3v) is 4.55. The molecule has 0 aliphatic rings. The number of rotatable bonds is 5. The van der Waals surface area contributed by atoms with Crippen LogP contribution < -0.4 is 15.5 Å². The highest BCUT2D eigenvalue weighted by Gasteiger charge is 2.16. The lowest BCUT2D eigenvalue weighted by atomic mass is 10.1. The van der Waals surface area contributed by atoms with Crippen molar-refractivity contribution < 1.29 is 19.1 Å². The Bertz CT molecular complexity index is 1260. The van der Waals surface area contributed by atoms with Gasteiger partial charge in [0, 0.05) is 18.2 Å². The average molecular weight is 401 g/mol. The maximum atomic E-state index is 12.6. The van der Waals surface area contributed by atoms with E-state index in [2.05, 4.69) is 5.32 Å². The molecule has 0 aliphatic carbocycles. The van der Waals surface area contributed by atoms with E-state index in [1.54, 1.807) is 36.4 Å². The number of aromatic hydroxyl groups is 1. The van der Waals surface area contributed by atoms with Crippen molar-refractivity contribution >= 4 is 22.6 Å². The van der Waals surface area contributed by atoms with Crippen LogP contribution in [0, 0.1) is 0 Å². The number of carbonyl (C=O) groups excluding carboxylic acids is 1. The van der Waals surface area contributed by atoms with Gasteiger partial charge >= 0.3 is 0 Å². The van der Waals surface area contributed by atoms with Gasteiger partial charge in [0.15, 0.2) is 5.76 Å². The van der Waals surface area contributed by atoms with Crippen LogP contribution >= 0.6 is 0 Å². The van der Waals surface area contributed by atoms with Crippen molar-refractivity contribution in [2.45, 2.75) is 13.5 Å². The average Bonchev–Trinajstić information content (AvgIpc) is 2.76. The van der Waals surface area contributed by atoms with E-state index in [-0.39, 0.29) is 17.1 Å². The van der Waals surface area contributed by atoms with Crippen LogP contribution in [0.15, 0.2) is 82.0 Å². The molecule has 6 nitrogen and oxygen atoms in total. The van der Waals surface area contributed by atoms with Crippen LogP contribution in [0.2, 0.25) is 0 Å². The summed E-state index contributed by atoms with van der Waals surface area (Å²) in [6, 6.07) is 21.4. The summed E-state index contributed by atoms with van der Waals surface area (Å²) in [7, 11) is 0. The van der Waals surface area contributed by atoms with Crippen molar-refractivity contribution in [3.8, 4) is 22.8 Å². The fourth-order valence-electron chi connectivity index (χ4n) is 3.11. The maximum absolute atomic E-state index is 12.6. The first-order valence-electron chi connectivity index (χ1n) is 9.36. The van der Waals surface area contributed by atoms with Crippen LogP contribution in [0.5, 0.6) is 11.5 Å². The van der Waals surface area contributed by atoms with Gasteiger partial charge in [-0.2, -0.15) is 0 Å². The molecule has 4 aromatic rings. The summed E-state index contributed by atoms with van der Waals surface area (Å²) in [5, 5.41) is 13.2. The molecule has 0 aliphatic heterocycles. The van der Waals surface area contributed by atoms with Crippen molar-refractivity contribution in [1.82, 2.24) is 0 Å². The van der Waals surface area contributed by atoms with Crippen LogP contribution in [0.3, 0.4) is 0 Å². The molecule has 3 aromatic carbocycles. The van der Waals surface area contributed by atoms with Crippen LogP contribution in [0.1, 0.15) is 12.5 Å². The topological polar surface area (TPSA) is 88.8 Å². The minimum atomic E-state index is -0.567. The molecule has 0 atom stereocenters. The maximum Gasteiger partial charge on any atom is 0.235 e. The molecule has 0 unspecified atom stereocenters. The quantitative estimate of drug-likeness (QED) is 0.506. The van der Waals surface area contributed by atoms with Crippen molar-refractivity contribution in [2.24, 2.45) is 0 Å². The summed E-state index contributed by atoms with van der Waals surface area (Å²) in [6.07, 6.45) is 0. The van der Waals surface area contributed by atoms with E-state index in [0.717, 1.165) is 5.56 Å². The predicted octanol–water partition coefficient (Wildman–Crippen LogP) is 4.70. The number of nitrogens with one attached hydrogen (secondary N) is 1. The molecule has 0 spiro atoms. The summed E-state index contributed by atoms with van der Waals surface area (Å²) in [6.45, 7) is 1.81. The number of hydrogen-bond acceptors (Lipinski definition) is 5. The normalized spacial score (nSPS) is 10.7. The van der Waals surface area contributed by atoms with E-state index < -0.39 is 11.2 Å². The minimum absolute atomic E-state index is 0.0781. The Morgan fingerprint density at radius 3 is 2.47 bits per heavy atom. The van der Waals surface area contributed by atoms with Gasteiger partial charge in [0.2, 0.25) is 17.1 Å². The third-order valence-electron chi connectivity index (χ3n) is 4.55. The van der Waals surface area contributed by atoms with E-state index in [1.165, 1.54) is 13.0 Å². The molecule has 4 rings (SSSR count). The SMILES string of the molecule is CC(=O)Nc1ccc2oc(-c3ccc(OCc4ccccc4)cc3)c(O)c(=O)c2c1. The number of hydrogen-bond donors (Lipinski definition) is 2. The molecule has 2 N–H and O–H groups in total. The third kappa shape index (κ3) is 4.03. The van der Waals surface area contributed by atoms with Gasteiger partial charge in [-0.3, -0.25) is 9.59 Å². The van der Waals surface area contributed by atoms with Crippen molar-refractivity contribution in [3.63, 3.8) is 0 Å². The van der Waals surface area contributed by atoms with E-state index in [4.69, 9.17) is 9.15 Å². The van der Waals surface area contributed by atoms with Gasteiger partial charge in [0.1, 0.15) is 17.9 Å². The Labute approximate surface area is 172 Å². The van der Waals surface area contributed by atoms with Crippen LogP contribution in [0.4, 0.5) is 5.69 Å². The second-order valence-electron chi connectivity index (χ2n) is 6.80. The first-order chi connectivity index (χ1) is 14.5. The van der Waals surface area contributed by atoms with Gasteiger partial charge in [0.25, 0.3) is 0 Å². The van der Waals surface area contributed by atoms with E-state index >= 15 is 0 Å². The van der Waals surface area contributed by atoms with Crippen molar-refractivity contribution in [1.29, 1.82) is 0 Å². The van der Waals surface area contributed by atoms with Gasteiger partial charge in [-0.25, -0.2) is 0 Å². The first kappa shape index (κ1) is 19.3. The molecule has 30 heavy (non-hydrogen) atoms. The Kier molecular flexibility index (Phi) is 5.22. The zero-order valence-electron chi connectivity index (χ0n) is 16.2. The van der Waals surface area contributed by atoms with Gasteiger partial charge in [0.05, 0.1) is 5.39 Å². The van der Waals surface area contributed by atoms with Crippen LogP contribution in [-0.2, 0) is 11.4 Å². The minimum Gasteiger partial charge on any atom is -0.502 e. The van der Waals surface area contributed by atoms with Crippen molar-refractivity contribution in [2.75, 3.05) is 5.32 Å². The lowest BCUT2D eigenvalue weighted by Crippen LogP contribution is -2.07. The largest absolute Gasteiger partial charge is 0.502 e. The highest BCUT2D eigenvalue weighted by molar-refractivity contribution is 5.92. The molecule has 1 heterocycles. The number of amides is 1. The molecular weight excluding hydrogens is 382 g/mol. The molecule has 150 valence electrons. The highest BCUT2D eigenvalue weighted by atomic mass is 16.5. The number of benzene rings is 3. The Balaban J connectivity index is 1.61. The molecule has 0 bridgehead atoms. The molecule has 0 fully saturated rings. The molecule has 0 radical (unpaired) electrons. The molecule has 6 heteroatoms. The standard InChI is InChI=1S/C24H19NO5/c1-15(26)25-18-9-12-21-20(13-18)22(27)23(28)24(30-21)17-7-10-19(11-8-17)29-14-16-5-3-2-4-6-16/h2-13,28H,14H2,1H3,(H,25,26). The van der Waals surface area contributed by atoms with Gasteiger partial charge in [-0.1, -0.05) is 30.3 Å². The molecule has 0 saturated heterocycles. The molecule has 1 amide bonds. The zero-order valence-corrected chi connectivity index (χ0v) is 16.2. The van der Waals surface area contributed by atoms with Gasteiger partial charge < -0.3 is 19.6 Å². The predicted molar refractivity (Wildman–Crippen MR) is 115 cm³/mol. The number of ether oxygens (including phenoxy) is 1. The summed E-state index contributed by atoms with van der Waals surface area (Å²) in [4.78, 5) is 23.9. The Morgan fingerprint density at radius 2 is 1.77 bits per heavy atom. The first-order valence-corrected chi connectivity index (χ1v) is 9.36. The lowest BCUT2D eigenvalue weighted by Gasteiger charge is -2.09. The van der Waals surface area contributed by atoms with E-state index in [0.29, 0.717) is 29.2 Å². The lowest BCUT2D eigenvalue weighted by molar-refractivity contribution is -0.114. The fourth-order valence-corrected chi connectivity index (χ4v) is 3.11. The van der Waals surface area contributed by atoms with Gasteiger partial charge in [-0.05, 0) is 48.0 Å². The summed E-state index contributed by atoms with van der Waals surface area (Å²) < 4.78 is 11.5. The molecule has 1 aromatic heterocycles. The summed E-state index contributed by atoms with van der Waals surface area (Å²) >= 11 is 0. The fraction of sp³-hybridized carbons (Fsp3) is 0.0833. The summed E-state index contributed by atoms with van der Waals surface area (Å²) in [5.41, 5.74) is 1.80. The van der Waals surface area contributed by atoms with Crippen molar-refractivity contribution in [3.05, 3.63) is 88.6 Å². The smallest absolute Gasteiger partial charge is 0.235 e. The Morgan fingerprint density at radius 1 is 1.03 bits per heavy atom. The summed E-state index contributed by atoms with van der Waals surface area (Å²) in [5.74, 6) is -0.00542. The molecule has 0 saturated carbocycles. The Hall–Kier alpha value is -4.06. The number of anilines is 1. The number of fused-ring (bicyclic) bond motifs is 1. The van der Waals surface area contributed by atoms with Crippen LogP contribution in [-0.4, -0.2) is 11.0 Å². The van der Waals surface area contributed by atoms with Gasteiger partial charge in [-0.15, -0.1) is 0 Å². The number of carbonyl (C=O) groups is 1. The van der Waals surface area contributed by atoms with Crippen LogP contribution in [0.25, 0.3) is 22.3 Å². The second-order valence-corrected chi connectivity index (χ2v) is 6.80. The highest BCUT2D eigenvalue weighted by Crippen LogP contribution is 2.32. The zero-order chi connectivity index (χ0) is 21.1. The molecular formula is C24H19NO5. The second kappa shape index (κ2) is 8.13. The van der Waals surface area contributed by atoms with E-state index in [9.17, 15) is 14.7 Å². The monoisotopic (exact) mass is 401 g/mol.